The van der Waals surface area contributed by atoms with E-state index in [0.717, 1.165) is 21.8 Å². The zero-order valence-corrected chi connectivity index (χ0v) is 17.3. The quantitative estimate of drug-likeness (QED) is 0.338. The lowest BCUT2D eigenvalue weighted by atomic mass is 10.1. The number of ether oxygens (including phenoxy) is 2. The van der Waals surface area contributed by atoms with E-state index in [0.29, 0.717) is 16.9 Å². The number of carbonyl (C=O) groups excluding carboxylic acids is 2. The van der Waals surface area contributed by atoms with Gasteiger partial charge < -0.3 is 9.47 Å². The number of esters is 1. The average Bonchev–Trinajstić information content (AvgIpc) is 3.54. The van der Waals surface area contributed by atoms with E-state index in [-0.39, 0.29) is 11.5 Å². The van der Waals surface area contributed by atoms with E-state index in [1.54, 1.807) is 34.2 Å². The molecule has 6 nitrogen and oxygen atoms in total. The van der Waals surface area contributed by atoms with Gasteiger partial charge in [0.05, 0.1) is 28.8 Å². The first-order valence-electron chi connectivity index (χ1n) is 9.49. The van der Waals surface area contributed by atoms with Crippen LogP contribution in [-0.2, 0) is 4.74 Å². The minimum atomic E-state index is -0.503. The molecule has 7 heteroatoms. The highest BCUT2D eigenvalue weighted by Gasteiger charge is 2.29. The fraction of sp³-hybridized carbons (Fsp3) is 0.0417. The highest BCUT2D eigenvalue weighted by Crippen LogP contribution is 2.35. The second kappa shape index (κ2) is 7.70. The van der Waals surface area contributed by atoms with E-state index >= 15 is 0 Å². The first-order valence-corrected chi connectivity index (χ1v) is 10.4. The van der Waals surface area contributed by atoms with Crippen LogP contribution in [0.1, 0.15) is 26.3 Å². The Kier molecular flexibility index (Phi) is 4.72. The smallest absolute Gasteiger partial charge is 0.337 e. The molecule has 0 bridgehead atoms. The van der Waals surface area contributed by atoms with Crippen molar-refractivity contribution in [2.45, 2.75) is 0 Å². The minimum absolute atomic E-state index is 0.183. The molecule has 2 aromatic carbocycles. The Morgan fingerprint density at radius 1 is 1.13 bits per heavy atom. The van der Waals surface area contributed by atoms with Crippen molar-refractivity contribution in [3.63, 3.8) is 0 Å². The Bertz CT molecular complexity index is 1320. The number of rotatable bonds is 4. The van der Waals surface area contributed by atoms with Gasteiger partial charge >= 0.3 is 5.97 Å². The lowest BCUT2D eigenvalue weighted by Gasteiger charge is -2.00. The molecular formula is C24H16N2O4S. The molecule has 0 saturated carbocycles. The number of ketones is 1. The highest BCUT2D eigenvalue weighted by atomic mass is 32.1. The topological polar surface area (TPSA) is 70.4 Å². The Hall–Kier alpha value is -3.97. The van der Waals surface area contributed by atoms with Crippen molar-refractivity contribution in [3.05, 3.63) is 94.7 Å². The van der Waals surface area contributed by atoms with Gasteiger partial charge in [0, 0.05) is 11.8 Å². The van der Waals surface area contributed by atoms with Crippen LogP contribution in [0.15, 0.2) is 78.0 Å². The number of benzene rings is 2. The van der Waals surface area contributed by atoms with Crippen molar-refractivity contribution in [1.29, 1.82) is 0 Å². The lowest BCUT2D eigenvalue weighted by molar-refractivity contribution is 0.0600. The van der Waals surface area contributed by atoms with Crippen molar-refractivity contribution in [2.75, 3.05) is 7.11 Å². The summed E-state index contributed by atoms with van der Waals surface area (Å²) in [5.74, 6) is -0.193. The predicted octanol–water partition coefficient (Wildman–Crippen LogP) is 5.00. The average molecular weight is 428 g/mol. The van der Waals surface area contributed by atoms with Crippen LogP contribution in [-0.4, -0.2) is 28.6 Å². The molecule has 5 rings (SSSR count). The van der Waals surface area contributed by atoms with Crippen LogP contribution in [0.2, 0.25) is 0 Å². The third kappa shape index (κ3) is 3.45. The molecule has 0 N–H and O–H groups in total. The van der Waals surface area contributed by atoms with Gasteiger partial charge in [0.1, 0.15) is 11.4 Å². The molecule has 0 saturated heterocycles. The van der Waals surface area contributed by atoms with Crippen molar-refractivity contribution in [1.82, 2.24) is 9.78 Å². The third-order valence-electron chi connectivity index (χ3n) is 4.89. The van der Waals surface area contributed by atoms with E-state index in [1.165, 1.54) is 13.2 Å². The molecule has 0 spiro atoms. The standard InChI is InChI=1S/C24H16N2O4S/c1-29-24(28)15-9-10-19-18(12-15)23(27)20(30-19)13-16-14-26(17-6-3-2-4-7-17)25-22(16)21-8-5-11-31-21/h2-14H,1H3. The molecule has 0 amide bonds. The number of para-hydroxylation sites is 1. The first kappa shape index (κ1) is 19.0. The minimum Gasteiger partial charge on any atom is -0.465 e. The summed E-state index contributed by atoms with van der Waals surface area (Å²) in [4.78, 5) is 25.8. The number of aromatic nitrogens is 2. The molecule has 0 atom stereocenters. The Labute approximate surface area is 182 Å². The van der Waals surface area contributed by atoms with Crippen LogP contribution >= 0.6 is 11.3 Å². The van der Waals surface area contributed by atoms with Gasteiger partial charge in [0.2, 0.25) is 5.78 Å². The maximum absolute atomic E-state index is 13.0. The molecule has 0 radical (unpaired) electrons. The second-order valence-corrected chi connectivity index (χ2v) is 7.78. The summed E-state index contributed by atoms with van der Waals surface area (Å²) >= 11 is 1.57. The molecule has 0 fully saturated rings. The van der Waals surface area contributed by atoms with Crippen LogP contribution in [0.25, 0.3) is 22.3 Å². The number of fused-ring (bicyclic) bond motifs is 1. The van der Waals surface area contributed by atoms with Crippen molar-refractivity contribution in [2.24, 2.45) is 0 Å². The number of hydrogen-bond donors (Lipinski definition) is 0. The maximum Gasteiger partial charge on any atom is 0.337 e. The molecule has 4 aromatic rings. The Morgan fingerprint density at radius 3 is 2.71 bits per heavy atom. The van der Waals surface area contributed by atoms with Crippen molar-refractivity contribution in [3.8, 4) is 22.0 Å². The molecule has 0 aliphatic carbocycles. The van der Waals surface area contributed by atoms with E-state index in [2.05, 4.69) is 0 Å². The number of methoxy groups -OCH3 is 1. The van der Waals surface area contributed by atoms with E-state index < -0.39 is 5.97 Å². The summed E-state index contributed by atoms with van der Waals surface area (Å²) < 4.78 is 12.3. The molecule has 2 aromatic heterocycles. The molecule has 1 aliphatic rings. The van der Waals surface area contributed by atoms with Crippen LogP contribution in [0, 0.1) is 0 Å². The van der Waals surface area contributed by atoms with E-state index in [4.69, 9.17) is 14.6 Å². The van der Waals surface area contributed by atoms with E-state index in [1.807, 2.05) is 54.0 Å². The van der Waals surface area contributed by atoms with E-state index in [9.17, 15) is 9.59 Å². The fourth-order valence-electron chi connectivity index (χ4n) is 3.39. The number of Topliss-reactive ketones (excluding diaryl/α,β-unsaturated/α-hetero) is 1. The van der Waals surface area contributed by atoms with Gasteiger partial charge in [-0.1, -0.05) is 24.3 Å². The molecule has 1 aliphatic heterocycles. The highest BCUT2D eigenvalue weighted by molar-refractivity contribution is 7.13. The van der Waals surface area contributed by atoms with Crippen molar-refractivity contribution >= 4 is 29.2 Å². The summed E-state index contributed by atoms with van der Waals surface area (Å²) in [5.41, 5.74) is 3.07. The summed E-state index contributed by atoms with van der Waals surface area (Å²) in [7, 11) is 1.30. The monoisotopic (exact) mass is 428 g/mol. The predicted molar refractivity (Wildman–Crippen MR) is 118 cm³/mol. The SMILES string of the molecule is COC(=O)c1ccc2c(c1)C(=O)C(=Cc1cn(-c3ccccc3)nc1-c1cccs1)O2. The molecule has 0 unspecified atom stereocenters. The van der Waals surface area contributed by atoms with Gasteiger partial charge in [0.25, 0.3) is 0 Å². The number of allylic oxidation sites excluding steroid dienone is 1. The number of hydrogen-bond acceptors (Lipinski definition) is 6. The summed E-state index contributed by atoms with van der Waals surface area (Å²) in [6.45, 7) is 0. The fourth-order valence-corrected chi connectivity index (χ4v) is 4.12. The number of nitrogens with zero attached hydrogens (tertiary/aromatic N) is 2. The van der Waals surface area contributed by atoms with Crippen LogP contribution in [0.3, 0.4) is 0 Å². The number of thiophene rings is 1. The molecule has 31 heavy (non-hydrogen) atoms. The first-order chi connectivity index (χ1) is 15.1. The largest absolute Gasteiger partial charge is 0.465 e. The zero-order chi connectivity index (χ0) is 21.4. The van der Waals surface area contributed by atoms with Gasteiger partial charge in [0.15, 0.2) is 5.76 Å². The normalized spacial score (nSPS) is 13.8. The summed E-state index contributed by atoms with van der Waals surface area (Å²) in [6, 6.07) is 18.4. The molecule has 152 valence electrons. The van der Waals surface area contributed by atoms with Gasteiger partial charge in [-0.3, -0.25) is 4.79 Å². The third-order valence-corrected chi connectivity index (χ3v) is 5.77. The second-order valence-electron chi connectivity index (χ2n) is 6.83. The molecule has 3 heterocycles. The lowest BCUT2D eigenvalue weighted by Crippen LogP contribution is -2.03. The zero-order valence-electron chi connectivity index (χ0n) is 16.4. The van der Waals surface area contributed by atoms with Crippen LogP contribution in [0.5, 0.6) is 5.75 Å². The van der Waals surface area contributed by atoms with Gasteiger partial charge in [-0.2, -0.15) is 5.10 Å². The summed E-state index contributed by atoms with van der Waals surface area (Å²) in [6.07, 6.45) is 3.57. The van der Waals surface area contributed by atoms with Gasteiger partial charge in [-0.15, -0.1) is 11.3 Å². The van der Waals surface area contributed by atoms with Crippen LogP contribution in [0.4, 0.5) is 0 Å². The van der Waals surface area contributed by atoms with Crippen LogP contribution < -0.4 is 4.74 Å². The van der Waals surface area contributed by atoms with Gasteiger partial charge in [-0.05, 0) is 47.9 Å². The Balaban J connectivity index is 1.56. The van der Waals surface area contributed by atoms with Crippen molar-refractivity contribution < 1.29 is 19.1 Å². The summed E-state index contributed by atoms with van der Waals surface area (Å²) in [5, 5.41) is 6.72. The maximum atomic E-state index is 13.0. The Morgan fingerprint density at radius 2 is 1.97 bits per heavy atom. The number of carbonyl (C=O) groups is 2. The van der Waals surface area contributed by atoms with Gasteiger partial charge in [-0.25, -0.2) is 9.48 Å². The molecular weight excluding hydrogens is 412 g/mol.